The van der Waals surface area contributed by atoms with Gasteiger partial charge in [-0.1, -0.05) is 25.0 Å². The molecule has 4 heteroatoms. The molecule has 0 heterocycles. The Morgan fingerprint density at radius 2 is 2.00 bits per heavy atom. The van der Waals surface area contributed by atoms with Crippen molar-refractivity contribution in [1.29, 1.82) is 0 Å². The van der Waals surface area contributed by atoms with Crippen molar-refractivity contribution in [2.24, 2.45) is 5.92 Å². The summed E-state index contributed by atoms with van der Waals surface area (Å²) >= 11 is 0. The molecule has 0 aliphatic heterocycles. The van der Waals surface area contributed by atoms with Crippen LogP contribution in [-0.4, -0.2) is 30.8 Å². The van der Waals surface area contributed by atoms with E-state index in [1.54, 1.807) is 7.11 Å². The van der Waals surface area contributed by atoms with Crippen molar-refractivity contribution < 1.29 is 14.6 Å². The summed E-state index contributed by atoms with van der Waals surface area (Å²) in [5, 5.41) is 12.4. The van der Waals surface area contributed by atoms with E-state index < -0.39 is 0 Å². The van der Waals surface area contributed by atoms with Crippen LogP contribution < -0.4 is 5.32 Å². The Morgan fingerprint density at radius 1 is 1.30 bits per heavy atom. The van der Waals surface area contributed by atoms with Crippen LogP contribution in [0.3, 0.4) is 0 Å². The van der Waals surface area contributed by atoms with Crippen LogP contribution in [0.15, 0.2) is 24.3 Å². The van der Waals surface area contributed by atoms with Crippen LogP contribution in [0.2, 0.25) is 0 Å². The van der Waals surface area contributed by atoms with Gasteiger partial charge in [0.1, 0.15) is 0 Å². The third kappa shape index (κ3) is 3.81. The molecule has 0 aromatic heterocycles. The van der Waals surface area contributed by atoms with Gasteiger partial charge in [-0.05, 0) is 30.5 Å². The first kappa shape index (κ1) is 15.0. The highest BCUT2D eigenvalue weighted by Crippen LogP contribution is 2.24. The SMILES string of the molecule is COCc1ccc(C(=O)NC2CCCCC2CO)cc1. The molecule has 0 spiro atoms. The fraction of sp³-hybridized carbons (Fsp3) is 0.562. The van der Waals surface area contributed by atoms with Gasteiger partial charge in [-0.2, -0.15) is 0 Å². The van der Waals surface area contributed by atoms with E-state index in [1.165, 1.54) is 0 Å². The van der Waals surface area contributed by atoms with E-state index in [2.05, 4.69) is 5.32 Å². The molecule has 2 atom stereocenters. The Bertz CT molecular complexity index is 430. The molecule has 110 valence electrons. The summed E-state index contributed by atoms with van der Waals surface area (Å²) in [5.74, 6) is 0.139. The van der Waals surface area contributed by atoms with Gasteiger partial charge in [0.15, 0.2) is 0 Å². The topological polar surface area (TPSA) is 58.6 Å². The smallest absolute Gasteiger partial charge is 0.251 e. The van der Waals surface area contributed by atoms with Crippen molar-refractivity contribution in [3.05, 3.63) is 35.4 Å². The van der Waals surface area contributed by atoms with Crippen LogP contribution >= 0.6 is 0 Å². The molecule has 0 saturated heterocycles. The quantitative estimate of drug-likeness (QED) is 0.866. The summed E-state index contributed by atoms with van der Waals surface area (Å²) in [6.45, 7) is 0.703. The maximum Gasteiger partial charge on any atom is 0.251 e. The summed E-state index contributed by atoms with van der Waals surface area (Å²) in [6.07, 6.45) is 4.21. The van der Waals surface area contributed by atoms with Gasteiger partial charge in [-0.3, -0.25) is 4.79 Å². The van der Waals surface area contributed by atoms with E-state index in [-0.39, 0.29) is 24.5 Å². The van der Waals surface area contributed by atoms with Crippen molar-refractivity contribution >= 4 is 5.91 Å². The second-order valence-electron chi connectivity index (χ2n) is 5.44. The molecule has 1 fully saturated rings. The number of ether oxygens (including phenoxy) is 1. The lowest BCUT2D eigenvalue weighted by atomic mass is 9.85. The molecule has 2 N–H and O–H groups in total. The van der Waals surface area contributed by atoms with E-state index in [9.17, 15) is 9.90 Å². The number of hydrogen-bond acceptors (Lipinski definition) is 3. The van der Waals surface area contributed by atoms with Crippen molar-refractivity contribution in [2.75, 3.05) is 13.7 Å². The van der Waals surface area contributed by atoms with Gasteiger partial charge in [0, 0.05) is 31.2 Å². The van der Waals surface area contributed by atoms with Crippen molar-refractivity contribution in [2.45, 2.75) is 38.3 Å². The maximum atomic E-state index is 12.2. The summed E-state index contributed by atoms with van der Waals surface area (Å²) in [5.41, 5.74) is 1.71. The van der Waals surface area contributed by atoms with Gasteiger partial charge in [-0.15, -0.1) is 0 Å². The molecule has 0 bridgehead atoms. The van der Waals surface area contributed by atoms with Crippen LogP contribution in [0.25, 0.3) is 0 Å². The number of hydrogen-bond donors (Lipinski definition) is 2. The van der Waals surface area contributed by atoms with E-state index in [1.807, 2.05) is 24.3 Å². The molecule has 1 aromatic rings. The Labute approximate surface area is 120 Å². The average Bonchev–Trinajstić information content (AvgIpc) is 2.49. The zero-order valence-electron chi connectivity index (χ0n) is 12.0. The van der Waals surface area contributed by atoms with E-state index in [0.717, 1.165) is 31.2 Å². The minimum absolute atomic E-state index is 0.0562. The van der Waals surface area contributed by atoms with Crippen LogP contribution in [0, 0.1) is 5.92 Å². The molecule has 2 rings (SSSR count). The Hall–Kier alpha value is -1.39. The number of benzene rings is 1. The Morgan fingerprint density at radius 3 is 2.65 bits per heavy atom. The zero-order valence-corrected chi connectivity index (χ0v) is 12.0. The molecular formula is C16H23NO3. The van der Waals surface area contributed by atoms with Crippen LogP contribution in [0.4, 0.5) is 0 Å². The third-order valence-corrected chi connectivity index (χ3v) is 3.99. The highest BCUT2D eigenvalue weighted by atomic mass is 16.5. The third-order valence-electron chi connectivity index (χ3n) is 3.99. The lowest BCUT2D eigenvalue weighted by molar-refractivity contribution is 0.0872. The van der Waals surface area contributed by atoms with Crippen LogP contribution in [0.5, 0.6) is 0 Å². The van der Waals surface area contributed by atoms with Gasteiger partial charge < -0.3 is 15.2 Å². The largest absolute Gasteiger partial charge is 0.396 e. The van der Waals surface area contributed by atoms with E-state index in [4.69, 9.17) is 4.74 Å². The van der Waals surface area contributed by atoms with Gasteiger partial charge in [0.2, 0.25) is 0 Å². The average molecular weight is 277 g/mol. The molecule has 1 aliphatic rings. The standard InChI is InChI=1S/C16H23NO3/c1-20-11-12-6-8-13(9-7-12)16(19)17-15-5-3-2-4-14(15)10-18/h6-9,14-15,18H,2-5,10-11H2,1H3,(H,17,19). The van der Waals surface area contributed by atoms with Crippen molar-refractivity contribution in [3.8, 4) is 0 Å². The molecule has 1 aromatic carbocycles. The minimum Gasteiger partial charge on any atom is -0.396 e. The van der Waals surface area contributed by atoms with E-state index in [0.29, 0.717) is 12.2 Å². The number of carbonyl (C=O) groups is 1. The second kappa shape index (κ2) is 7.41. The number of methoxy groups -OCH3 is 1. The highest BCUT2D eigenvalue weighted by Gasteiger charge is 2.26. The first-order valence-electron chi connectivity index (χ1n) is 7.24. The van der Waals surface area contributed by atoms with Gasteiger partial charge >= 0.3 is 0 Å². The fourth-order valence-corrected chi connectivity index (χ4v) is 2.79. The predicted octanol–water partition coefficient (Wildman–Crippen LogP) is 2.11. The molecular weight excluding hydrogens is 254 g/mol. The molecule has 0 radical (unpaired) electrons. The van der Waals surface area contributed by atoms with Crippen molar-refractivity contribution in [3.63, 3.8) is 0 Å². The number of rotatable bonds is 5. The van der Waals surface area contributed by atoms with Gasteiger partial charge in [0.05, 0.1) is 6.61 Å². The summed E-state index contributed by atoms with van der Waals surface area (Å²) in [7, 11) is 1.65. The van der Waals surface area contributed by atoms with Crippen LogP contribution in [-0.2, 0) is 11.3 Å². The molecule has 1 saturated carbocycles. The van der Waals surface area contributed by atoms with Gasteiger partial charge in [0.25, 0.3) is 5.91 Å². The monoisotopic (exact) mass is 277 g/mol. The molecule has 20 heavy (non-hydrogen) atoms. The normalized spacial score (nSPS) is 22.5. The second-order valence-corrected chi connectivity index (χ2v) is 5.44. The lowest BCUT2D eigenvalue weighted by Gasteiger charge is -2.30. The zero-order chi connectivity index (χ0) is 14.4. The predicted molar refractivity (Wildman–Crippen MR) is 77.5 cm³/mol. The minimum atomic E-state index is -0.0562. The highest BCUT2D eigenvalue weighted by molar-refractivity contribution is 5.94. The molecule has 1 aliphatic carbocycles. The number of amides is 1. The summed E-state index contributed by atoms with van der Waals surface area (Å²) in [6, 6.07) is 7.55. The number of aliphatic hydroxyl groups is 1. The Kier molecular flexibility index (Phi) is 5.56. The molecule has 2 unspecified atom stereocenters. The summed E-state index contributed by atoms with van der Waals surface area (Å²) < 4.78 is 5.05. The van der Waals surface area contributed by atoms with Crippen molar-refractivity contribution in [1.82, 2.24) is 5.32 Å². The fourth-order valence-electron chi connectivity index (χ4n) is 2.79. The first-order valence-corrected chi connectivity index (χ1v) is 7.24. The number of nitrogens with one attached hydrogen (secondary N) is 1. The van der Waals surface area contributed by atoms with Gasteiger partial charge in [-0.25, -0.2) is 0 Å². The molecule has 1 amide bonds. The number of carbonyl (C=O) groups excluding carboxylic acids is 1. The first-order chi connectivity index (χ1) is 9.74. The number of aliphatic hydroxyl groups excluding tert-OH is 1. The summed E-state index contributed by atoms with van der Waals surface area (Å²) in [4.78, 5) is 12.2. The van der Waals surface area contributed by atoms with E-state index >= 15 is 0 Å². The lowest BCUT2D eigenvalue weighted by Crippen LogP contribution is -2.43. The van der Waals surface area contributed by atoms with Crippen LogP contribution in [0.1, 0.15) is 41.6 Å². The maximum absolute atomic E-state index is 12.2. The Balaban J connectivity index is 1.96. The molecule has 4 nitrogen and oxygen atoms in total.